The van der Waals surface area contributed by atoms with Crippen LogP contribution in [0, 0.1) is 16.0 Å². The van der Waals surface area contributed by atoms with Gasteiger partial charge < -0.3 is 10.6 Å². The summed E-state index contributed by atoms with van der Waals surface area (Å²) in [6.07, 6.45) is 1.53. The zero-order chi connectivity index (χ0) is 14.0. The maximum atomic E-state index is 11.8. The van der Waals surface area contributed by atoms with Gasteiger partial charge >= 0.3 is 0 Å². The summed E-state index contributed by atoms with van der Waals surface area (Å²) >= 11 is 0. The molecule has 102 valence electrons. The van der Waals surface area contributed by atoms with E-state index in [-0.39, 0.29) is 17.3 Å². The number of likely N-dealkylation sites (tertiary alicyclic amines) is 1. The second-order valence-corrected chi connectivity index (χ2v) is 4.86. The Morgan fingerprint density at radius 2 is 2.26 bits per heavy atom. The highest BCUT2D eigenvalue weighted by Gasteiger charge is 2.29. The van der Waals surface area contributed by atoms with Crippen LogP contribution in [-0.2, 0) is 11.3 Å². The SMILES string of the molecule is CCC1CC(=O)N(Cc2cccc([N+](=O)[O-])c2N)C1. The number of nitrogens with two attached hydrogens (primary N) is 1. The third kappa shape index (κ3) is 2.67. The molecule has 0 aromatic heterocycles. The van der Waals surface area contributed by atoms with E-state index in [0.717, 1.165) is 6.42 Å². The van der Waals surface area contributed by atoms with Gasteiger partial charge in [0.15, 0.2) is 0 Å². The van der Waals surface area contributed by atoms with Crippen molar-refractivity contribution < 1.29 is 9.72 Å². The number of nitrogen functional groups attached to an aromatic ring is 1. The molecule has 1 aromatic carbocycles. The number of anilines is 1. The minimum atomic E-state index is -0.501. The van der Waals surface area contributed by atoms with Crippen molar-refractivity contribution in [1.82, 2.24) is 4.90 Å². The Bertz CT molecular complexity index is 516. The summed E-state index contributed by atoms with van der Waals surface area (Å²) in [5, 5.41) is 10.8. The van der Waals surface area contributed by atoms with Crippen molar-refractivity contribution in [2.75, 3.05) is 12.3 Å². The highest BCUT2D eigenvalue weighted by Crippen LogP contribution is 2.28. The predicted molar refractivity (Wildman–Crippen MR) is 71.3 cm³/mol. The third-order valence-electron chi connectivity index (χ3n) is 3.60. The number of nitro groups is 1. The fourth-order valence-corrected chi connectivity index (χ4v) is 2.38. The number of nitro benzene ring substituents is 1. The van der Waals surface area contributed by atoms with Gasteiger partial charge in [-0.3, -0.25) is 14.9 Å². The molecule has 6 heteroatoms. The first kappa shape index (κ1) is 13.3. The van der Waals surface area contributed by atoms with Crippen LogP contribution in [0.3, 0.4) is 0 Å². The molecular weight excluding hydrogens is 246 g/mol. The van der Waals surface area contributed by atoms with Gasteiger partial charge in [0.1, 0.15) is 5.69 Å². The summed E-state index contributed by atoms with van der Waals surface area (Å²) in [6.45, 7) is 3.11. The molecular formula is C13H17N3O3. The number of amides is 1. The van der Waals surface area contributed by atoms with Crippen molar-refractivity contribution in [2.45, 2.75) is 26.3 Å². The van der Waals surface area contributed by atoms with Crippen LogP contribution in [0.15, 0.2) is 18.2 Å². The molecule has 1 aliphatic heterocycles. The van der Waals surface area contributed by atoms with Crippen molar-refractivity contribution in [3.05, 3.63) is 33.9 Å². The van der Waals surface area contributed by atoms with Gasteiger partial charge in [-0.2, -0.15) is 0 Å². The number of rotatable bonds is 4. The molecule has 1 heterocycles. The van der Waals surface area contributed by atoms with E-state index < -0.39 is 4.92 Å². The second kappa shape index (κ2) is 5.26. The van der Waals surface area contributed by atoms with E-state index in [4.69, 9.17) is 5.73 Å². The van der Waals surface area contributed by atoms with Crippen LogP contribution in [0.2, 0.25) is 0 Å². The van der Waals surface area contributed by atoms with E-state index in [0.29, 0.717) is 31.0 Å². The normalized spacial score (nSPS) is 18.9. The van der Waals surface area contributed by atoms with Crippen molar-refractivity contribution in [3.8, 4) is 0 Å². The van der Waals surface area contributed by atoms with Gasteiger partial charge in [0.2, 0.25) is 5.91 Å². The average Bonchev–Trinajstić information content (AvgIpc) is 2.72. The fraction of sp³-hybridized carbons (Fsp3) is 0.462. The van der Waals surface area contributed by atoms with Crippen molar-refractivity contribution >= 4 is 17.3 Å². The molecule has 6 nitrogen and oxygen atoms in total. The highest BCUT2D eigenvalue weighted by molar-refractivity contribution is 5.79. The van der Waals surface area contributed by atoms with Crippen LogP contribution < -0.4 is 5.73 Å². The lowest BCUT2D eigenvalue weighted by molar-refractivity contribution is -0.384. The Balaban J connectivity index is 2.18. The lowest BCUT2D eigenvalue weighted by Crippen LogP contribution is -2.25. The van der Waals surface area contributed by atoms with Crippen LogP contribution in [0.4, 0.5) is 11.4 Å². The van der Waals surface area contributed by atoms with Gasteiger partial charge in [-0.1, -0.05) is 25.5 Å². The van der Waals surface area contributed by atoms with Gasteiger partial charge in [-0.15, -0.1) is 0 Å². The van der Waals surface area contributed by atoms with E-state index >= 15 is 0 Å². The largest absolute Gasteiger partial charge is 0.393 e. The summed E-state index contributed by atoms with van der Waals surface area (Å²) in [4.78, 5) is 23.9. The zero-order valence-electron chi connectivity index (χ0n) is 10.8. The van der Waals surface area contributed by atoms with Crippen LogP contribution in [0.1, 0.15) is 25.3 Å². The summed E-state index contributed by atoms with van der Waals surface area (Å²) in [7, 11) is 0. The first-order valence-corrected chi connectivity index (χ1v) is 6.32. The number of hydrogen-bond acceptors (Lipinski definition) is 4. The first-order chi connectivity index (χ1) is 9.02. The molecule has 0 saturated carbocycles. The zero-order valence-corrected chi connectivity index (χ0v) is 10.8. The molecule has 0 aliphatic carbocycles. The molecule has 1 aromatic rings. The molecule has 0 spiro atoms. The molecule has 0 radical (unpaired) electrons. The van der Waals surface area contributed by atoms with Gasteiger partial charge in [0, 0.05) is 31.1 Å². The number of para-hydroxylation sites is 1. The molecule has 0 bridgehead atoms. The van der Waals surface area contributed by atoms with E-state index in [1.54, 1.807) is 17.0 Å². The molecule has 1 atom stereocenters. The van der Waals surface area contributed by atoms with Crippen molar-refractivity contribution in [2.24, 2.45) is 5.92 Å². The number of carbonyl (C=O) groups excluding carboxylic acids is 1. The Labute approximate surface area is 111 Å². The summed E-state index contributed by atoms with van der Waals surface area (Å²) in [5.74, 6) is 0.477. The molecule has 2 N–H and O–H groups in total. The lowest BCUT2D eigenvalue weighted by Gasteiger charge is -2.17. The number of nitrogens with zero attached hydrogens (tertiary/aromatic N) is 2. The van der Waals surface area contributed by atoms with Crippen LogP contribution >= 0.6 is 0 Å². The quantitative estimate of drug-likeness (QED) is 0.510. The smallest absolute Gasteiger partial charge is 0.292 e. The van der Waals surface area contributed by atoms with E-state index in [1.807, 2.05) is 0 Å². The van der Waals surface area contributed by atoms with Gasteiger partial charge in [0.05, 0.1) is 4.92 Å². The Morgan fingerprint density at radius 3 is 2.84 bits per heavy atom. The Hall–Kier alpha value is -2.11. The second-order valence-electron chi connectivity index (χ2n) is 4.86. The van der Waals surface area contributed by atoms with Gasteiger partial charge in [0.25, 0.3) is 5.69 Å². The van der Waals surface area contributed by atoms with E-state index in [9.17, 15) is 14.9 Å². The molecule has 1 fully saturated rings. The topological polar surface area (TPSA) is 89.5 Å². The van der Waals surface area contributed by atoms with Crippen molar-refractivity contribution in [1.29, 1.82) is 0 Å². The molecule has 2 rings (SSSR count). The van der Waals surface area contributed by atoms with E-state index in [2.05, 4.69) is 6.92 Å². The lowest BCUT2D eigenvalue weighted by atomic mass is 10.1. The third-order valence-corrected chi connectivity index (χ3v) is 3.60. The molecule has 1 saturated heterocycles. The maximum absolute atomic E-state index is 11.8. The monoisotopic (exact) mass is 263 g/mol. The summed E-state index contributed by atoms with van der Waals surface area (Å²) < 4.78 is 0. The van der Waals surface area contributed by atoms with E-state index in [1.165, 1.54) is 6.07 Å². The average molecular weight is 263 g/mol. The first-order valence-electron chi connectivity index (χ1n) is 6.32. The van der Waals surface area contributed by atoms with Crippen molar-refractivity contribution in [3.63, 3.8) is 0 Å². The molecule has 1 unspecified atom stereocenters. The Kier molecular flexibility index (Phi) is 3.69. The highest BCUT2D eigenvalue weighted by atomic mass is 16.6. The summed E-state index contributed by atoms with van der Waals surface area (Å²) in [5.41, 5.74) is 6.49. The molecule has 1 amide bonds. The number of benzene rings is 1. The fourth-order valence-electron chi connectivity index (χ4n) is 2.38. The number of carbonyl (C=O) groups is 1. The van der Waals surface area contributed by atoms with Crippen LogP contribution in [0.5, 0.6) is 0 Å². The van der Waals surface area contributed by atoms with Crippen LogP contribution in [0.25, 0.3) is 0 Å². The minimum Gasteiger partial charge on any atom is -0.393 e. The Morgan fingerprint density at radius 1 is 1.53 bits per heavy atom. The standard InChI is InChI=1S/C13H17N3O3/c1-2-9-6-12(17)15(7-9)8-10-4-3-5-11(13(10)14)16(18)19/h3-5,9H,2,6-8,14H2,1H3. The summed E-state index contributed by atoms with van der Waals surface area (Å²) in [6, 6.07) is 4.70. The minimum absolute atomic E-state index is 0.0951. The molecule has 1 aliphatic rings. The predicted octanol–water partition coefficient (Wildman–Crippen LogP) is 1.94. The van der Waals surface area contributed by atoms with Crippen LogP contribution in [-0.4, -0.2) is 22.3 Å². The number of hydrogen-bond donors (Lipinski definition) is 1. The van der Waals surface area contributed by atoms with Gasteiger partial charge in [-0.05, 0) is 5.92 Å². The maximum Gasteiger partial charge on any atom is 0.292 e. The van der Waals surface area contributed by atoms with Gasteiger partial charge in [-0.25, -0.2) is 0 Å². The molecule has 19 heavy (non-hydrogen) atoms.